The van der Waals surface area contributed by atoms with E-state index >= 15 is 0 Å². The summed E-state index contributed by atoms with van der Waals surface area (Å²) in [6.45, 7) is 4.82. The van der Waals surface area contributed by atoms with Crippen LogP contribution < -0.4 is 4.74 Å². The summed E-state index contributed by atoms with van der Waals surface area (Å²) >= 11 is 1.60. The number of carbonyl (C=O) groups is 1. The summed E-state index contributed by atoms with van der Waals surface area (Å²) in [4.78, 5) is 20.8. The number of hydrogen-bond acceptors (Lipinski definition) is 5. The molecule has 0 aliphatic carbocycles. The molecule has 30 heavy (non-hydrogen) atoms. The Hall–Kier alpha value is -3.19. The van der Waals surface area contributed by atoms with Gasteiger partial charge in [0.1, 0.15) is 12.4 Å². The van der Waals surface area contributed by atoms with E-state index in [1.54, 1.807) is 28.0 Å². The first-order chi connectivity index (χ1) is 14.5. The Morgan fingerprint density at radius 2 is 2.00 bits per heavy atom. The lowest BCUT2D eigenvalue weighted by Gasteiger charge is -2.19. The molecule has 0 radical (unpaired) electrons. The first-order valence-corrected chi connectivity index (χ1v) is 10.7. The molecule has 0 N–H and O–H groups in total. The molecule has 0 fully saturated rings. The largest absolute Gasteiger partial charge is 0.491 e. The van der Waals surface area contributed by atoms with E-state index in [0.717, 1.165) is 33.0 Å². The van der Waals surface area contributed by atoms with Crippen LogP contribution in [0.5, 0.6) is 5.75 Å². The molecule has 4 aromatic rings. The van der Waals surface area contributed by atoms with Crippen LogP contribution in [0.25, 0.3) is 21.6 Å². The average molecular weight is 421 g/mol. The van der Waals surface area contributed by atoms with Crippen LogP contribution in [0.2, 0.25) is 0 Å². The van der Waals surface area contributed by atoms with Crippen molar-refractivity contribution < 1.29 is 9.53 Å². The molecule has 3 heterocycles. The molecule has 1 aromatic carbocycles. The summed E-state index contributed by atoms with van der Waals surface area (Å²) in [7, 11) is 3.65. The van der Waals surface area contributed by atoms with Crippen molar-refractivity contribution in [1.82, 2.24) is 19.7 Å². The number of rotatable bonds is 6. The van der Waals surface area contributed by atoms with Crippen molar-refractivity contribution in [3.05, 3.63) is 64.7 Å². The summed E-state index contributed by atoms with van der Waals surface area (Å²) in [5, 5.41) is 7.30. The minimum Gasteiger partial charge on any atom is -0.491 e. The Labute approximate surface area is 179 Å². The Morgan fingerprint density at radius 3 is 2.73 bits per heavy atom. The first kappa shape index (κ1) is 20.1. The number of benzene rings is 1. The fourth-order valence-electron chi connectivity index (χ4n) is 3.48. The van der Waals surface area contributed by atoms with Gasteiger partial charge in [0.05, 0.1) is 33.8 Å². The van der Waals surface area contributed by atoms with Gasteiger partial charge in [-0.05, 0) is 43.0 Å². The molecule has 0 unspecified atom stereocenters. The van der Waals surface area contributed by atoms with Crippen LogP contribution in [0.15, 0.2) is 47.8 Å². The van der Waals surface area contributed by atoms with Crippen molar-refractivity contribution in [3.8, 4) is 16.3 Å². The molecule has 6 nitrogen and oxygen atoms in total. The van der Waals surface area contributed by atoms with E-state index in [-0.39, 0.29) is 5.91 Å². The molecular formula is C23H24N4O2S. The van der Waals surface area contributed by atoms with Gasteiger partial charge in [-0.25, -0.2) is 4.98 Å². The monoisotopic (exact) mass is 420 g/mol. The number of amides is 1. The van der Waals surface area contributed by atoms with E-state index in [1.165, 1.54) is 0 Å². The number of thiophene rings is 1. The highest BCUT2D eigenvalue weighted by molar-refractivity contribution is 7.13. The van der Waals surface area contributed by atoms with Gasteiger partial charge < -0.3 is 9.64 Å². The molecule has 0 bridgehead atoms. The molecule has 0 atom stereocenters. The number of aromatic nitrogens is 3. The molecule has 4 rings (SSSR count). The van der Waals surface area contributed by atoms with Gasteiger partial charge in [-0.1, -0.05) is 24.3 Å². The van der Waals surface area contributed by atoms with Gasteiger partial charge in [-0.3, -0.25) is 9.48 Å². The van der Waals surface area contributed by atoms with Crippen molar-refractivity contribution in [2.45, 2.75) is 13.8 Å². The molecule has 0 saturated carbocycles. The van der Waals surface area contributed by atoms with Gasteiger partial charge in [0.15, 0.2) is 5.65 Å². The van der Waals surface area contributed by atoms with Crippen LogP contribution in [0.3, 0.4) is 0 Å². The second-order valence-corrected chi connectivity index (χ2v) is 8.23. The zero-order valence-corrected chi connectivity index (χ0v) is 18.4. The van der Waals surface area contributed by atoms with E-state index in [4.69, 9.17) is 9.72 Å². The molecule has 1 amide bonds. The highest BCUT2D eigenvalue weighted by Crippen LogP contribution is 2.29. The minimum atomic E-state index is -0.0651. The van der Waals surface area contributed by atoms with E-state index in [1.807, 2.05) is 68.7 Å². The fourth-order valence-corrected chi connectivity index (χ4v) is 4.17. The highest BCUT2D eigenvalue weighted by Gasteiger charge is 2.22. The molecule has 0 aliphatic rings. The van der Waals surface area contributed by atoms with E-state index in [0.29, 0.717) is 24.4 Å². The number of aryl methyl sites for hydroxylation is 3. The molecule has 0 spiro atoms. The lowest BCUT2D eigenvalue weighted by molar-refractivity contribution is 0.0775. The number of para-hydroxylation sites is 1. The smallest absolute Gasteiger partial charge is 0.254 e. The topological polar surface area (TPSA) is 60.2 Å². The third-order valence-corrected chi connectivity index (χ3v) is 5.99. The lowest BCUT2D eigenvalue weighted by Crippen LogP contribution is -2.31. The Morgan fingerprint density at radius 1 is 1.20 bits per heavy atom. The second kappa shape index (κ2) is 8.28. The van der Waals surface area contributed by atoms with Crippen LogP contribution in [0, 0.1) is 13.8 Å². The lowest BCUT2D eigenvalue weighted by atomic mass is 10.1. The Bertz CT molecular complexity index is 1200. The molecule has 0 aliphatic heterocycles. The van der Waals surface area contributed by atoms with Crippen LogP contribution >= 0.6 is 11.3 Å². The van der Waals surface area contributed by atoms with E-state index in [2.05, 4.69) is 5.10 Å². The Kier molecular flexibility index (Phi) is 5.55. The fraction of sp³-hybridized carbons (Fsp3) is 0.261. The van der Waals surface area contributed by atoms with Gasteiger partial charge in [-0.2, -0.15) is 5.10 Å². The average Bonchev–Trinajstić information content (AvgIpc) is 3.37. The van der Waals surface area contributed by atoms with Gasteiger partial charge in [0.2, 0.25) is 0 Å². The molecule has 3 aromatic heterocycles. The minimum absolute atomic E-state index is 0.0651. The maximum absolute atomic E-state index is 13.4. The summed E-state index contributed by atoms with van der Waals surface area (Å²) in [5.41, 5.74) is 3.99. The Balaban J connectivity index is 1.61. The third-order valence-electron chi connectivity index (χ3n) is 5.10. The molecule has 7 heteroatoms. The zero-order valence-electron chi connectivity index (χ0n) is 17.5. The number of hydrogen-bond donors (Lipinski definition) is 0. The van der Waals surface area contributed by atoms with Gasteiger partial charge in [0, 0.05) is 14.1 Å². The maximum Gasteiger partial charge on any atom is 0.254 e. The number of ether oxygens (including phenoxy) is 1. The summed E-state index contributed by atoms with van der Waals surface area (Å²) < 4.78 is 7.61. The second-order valence-electron chi connectivity index (χ2n) is 7.28. The zero-order chi connectivity index (χ0) is 21.3. The predicted molar refractivity (Wildman–Crippen MR) is 120 cm³/mol. The number of pyridine rings is 1. The van der Waals surface area contributed by atoms with Crippen molar-refractivity contribution in [1.29, 1.82) is 0 Å². The van der Waals surface area contributed by atoms with Crippen molar-refractivity contribution in [2.75, 3.05) is 20.2 Å². The van der Waals surface area contributed by atoms with Gasteiger partial charge >= 0.3 is 0 Å². The third kappa shape index (κ3) is 3.80. The van der Waals surface area contributed by atoms with E-state index in [9.17, 15) is 4.79 Å². The number of nitrogens with zero attached hydrogens (tertiary/aromatic N) is 4. The van der Waals surface area contributed by atoms with Crippen LogP contribution in [-0.2, 0) is 7.05 Å². The SMILES string of the molecule is Cc1ccccc1OCCN(C)C(=O)c1cc(-c2cccs2)nc2c1c(C)nn2C. The van der Waals surface area contributed by atoms with Crippen LogP contribution in [0.1, 0.15) is 21.6 Å². The maximum atomic E-state index is 13.4. The standard InChI is InChI=1S/C23H24N4O2S/c1-15-8-5-6-9-19(15)29-12-11-26(3)23(28)17-14-18(20-10-7-13-30-20)24-22-21(17)16(2)25-27(22)4/h5-10,13-14H,11-12H2,1-4H3. The normalized spacial score (nSPS) is 11.1. The van der Waals surface area contributed by atoms with Gasteiger partial charge in [-0.15, -0.1) is 11.3 Å². The number of likely N-dealkylation sites (N-methyl/N-ethyl adjacent to an activating group) is 1. The number of fused-ring (bicyclic) bond motifs is 1. The summed E-state index contributed by atoms with van der Waals surface area (Å²) in [5.74, 6) is 0.775. The predicted octanol–water partition coefficient (Wildman–Crippen LogP) is 4.46. The van der Waals surface area contributed by atoms with Crippen molar-refractivity contribution in [3.63, 3.8) is 0 Å². The molecule has 0 saturated heterocycles. The summed E-state index contributed by atoms with van der Waals surface area (Å²) in [6.07, 6.45) is 0. The summed E-state index contributed by atoms with van der Waals surface area (Å²) in [6, 6.07) is 13.7. The highest BCUT2D eigenvalue weighted by atomic mass is 32.1. The van der Waals surface area contributed by atoms with Crippen LogP contribution in [0.4, 0.5) is 0 Å². The van der Waals surface area contributed by atoms with Crippen LogP contribution in [-0.4, -0.2) is 45.8 Å². The number of carbonyl (C=O) groups excluding carboxylic acids is 1. The quantitative estimate of drug-likeness (QED) is 0.462. The molecular weight excluding hydrogens is 396 g/mol. The molecule has 154 valence electrons. The van der Waals surface area contributed by atoms with Crippen molar-refractivity contribution >= 4 is 28.3 Å². The van der Waals surface area contributed by atoms with Gasteiger partial charge in [0.25, 0.3) is 5.91 Å². The van der Waals surface area contributed by atoms with E-state index < -0.39 is 0 Å². The first-order valence-electron chi connectivity index (χ1n) is 9.78. The van der Waals surface area contributed by atoms with Crippen molar-refractivity contribution in [2.24, 2.45) is 7.05 Å².